The first-order chi connectivity index (χ1) is 9.49. The molecule has 0 amide bonds. The van der Waals surface area contributed by atoms with Gasteiger partial charge in [0.15, 0.2) is 11.6 Å². The second-order valence-electron chi connectivity index (χ2n) is 4.39. The van der Waals surface area contributed by atoms with Gasteiger partial charge in [-0.3, -0.25) is 4.79 Å². The zero-order chi connectivity index (χ0) is 14.7. The van der Waals surface area contributed by atoms with Crippen LogP contribution in [0.25, 0.3) is 0 Å². The van der Waals surface area contributed by atoms with Gasteiger partial charge in [-0.1, -0.05) is 23.7 Å². The number of nitrogen functional groups attached to an aromatic ring is 1. The van der Waals surface area contributed by atoms with Crippen molar-refractivity contribution >= 4 is 39.0 Å². The number of anilines is 1. The summed E-state index contributed by atoms with van der Waals surface area (Å²) in [6.07, 6.45) is 0.755. The van der Waals surface area contributed by atoms with E-state index in [2.05, 4.69) is 15.9 Å². The van der Waals surface area contributed by atoms with Gasteiger partial charge in [0, 0.05) is 16.6 Å². The highest BCUT2D eigenvalue weighted by Gasteiger charge is 2.16. The molecule has 20 heavy (non-hydrogen) atoms. The fourth-order valence-electron chi connectivity index (χ4n) is 1.82. The molecule has 0 bridgehead atoms. The number of hydrogen-bond acceptors (Lipinski definition) is 2. The highest BCUT2D eigenvalue weighted by molar-refractivity contribution is 9.10. The molecule has 0 aliphatic rings. The highest BCUT2D eigenvalue weighted by Crippen LogP contribution is 2.28. The quantitative estimate of drug-likeness (QED) is 0.493. The van der Waals surface area contributed by atoms with E-state index in [1.807, 2.05) is 12.1 Å². The number of benzene rings is 2. The molecule has 104 valence electrons. The molecular formula is C15H12BrClFNO. The van der Waals surface area contributed by atoms with Crippen LogP contribution in [-0.2, 0) is 6.42 Å². The van der Waals surface area contributed by atoms with Crippen molar-refractivity contribution in [1.29, 1.82) is 0 Å². The highest BCUT2D eigenvalue weighted by atomic mass is 79.9. The Balaban J connectivity index is 2.09. The lowest BCUT2D eigenvalue weighted by Gasteiger charge is -2.06. The molecule has 0 atom stereocenters. The number of Topliss-reactive ketones (excluding diaryl/α,β-unsaturated/α-hetero) is 1. The molecule has 0 aromatic heterocycles. The molecule has 2 rings (SSSR count). The first-order valence-corrected chi connectivity index (χ1v) is 7.17. The number of halogens is 3. The van der Waals surface area contributed by atoms with Gasteiger partial charge in [-0.05, 0) is 52.2 Å². The fourth-order valence-corrected chi connectivity index (χ4v) is 2.29. The number of carbonyl (C=O) groups excluding carboxylic acids is 1. The van der Waals surface area contributed by atoms with Crippen LogP contribution in [0.3, 0.4) is 0 Å². The topological polar surface area (TPSA) is 43.1 Å². The van der Waals surface area contributed by atoms with E-state index in [0.29, 0.717) is 16.6 Å². The summed E-state index contributed by atoms with van der Waals surface area (Å²) in [4.78, 5) is 12.0. The van der Waals surface area contributed by atoms with Crippen LogP contribution in [-0.4, -0.2) is 5.78 Å². The summed E-state index contributed by atoms with van der Waals surface area (Å²) in [6.45, 7) is 0. The van der Waals surface area contributed by atoms with Gasteiger partial charge in [0.2, 0.25) is 0 Å². The summed E-state index contributed by atoms with van der Waals surface area (Å²) in [5.74, 6) is -0.947. The first-order valence-electron chi connectivity index (χ1n) is 6.00. The average molecular weight is 357 g/mol. The third-order valence-electron chi connectivity index (χ3n) is 2.96. The summed E-state index contributed by atoms with van der Waals surface area (Å²) in [7, 11) is 0. The van der Waals surface area contributed by atoms with Crippen LogP contribution in [0.1, 0.15) is 22.3 Å². The number of carbonyl (C=O) groups is 1. The van der Waals surface area contributed by atoms with Gasteiger partial charge < -0.3 is 5.73 Å². The molecule has 5 heteroatoms. The van der Waals surface area contributed by atoms with Crippen molar-refractivity contribution in [3.63, 3.8) is 0 Å². The van der Waals surface area contributed by atoms with E-state index in [4.69, 9.17) is 17.3 Å². The Hall–Kier alpha value is -1.39. The summed E-state index contributed by atoms with van der Waals surface area (Å²) in [5, 5.41) is -0.0664. The molecule has 2 nitrogen and oxygen atoms in total. The van der Waals surface area contributed by atoms with Crippen LogP contribution in [0, 0.1) is 5.82 Å². The van der Waals surface area contributed by atoms with E-state index in [9.17, 15) is 9.18 Å². The fraction of sp³-hybridized carbons (Fsp3) is 0.133. The van der Waals surface area contributed by atoms with E-state index in [-0.39, 0.29) is 22.8 Å². The second-order valence-corrected chi connectivity index (χ2v) is 5.62. The summed E-state index contributed by atoms with van der Waals surface area (Å²) in [6, 6.07) is 10.3. The lowest BCUT2D eigenvalue weighted by molar-refractivity contribution is 0.0979. The molecule has 2 aromatic carbocycles. The van der Waals surface area contributed by atoms with Crippen LogP contribution in [0.4, 0.5) is 10.1 Å². The van der Waals surface area contributed by atoms with Gasteiger partial charge in [0.05, 0.1) is 10.6 Å². The first kappa shape index (κ1) is 15.0. The van der Waals surface area contributed by atoms with Crippen molar-refractivity contribution in [3.05, 3.63) is 62.8 Å². The van der Waals surface area contributed by atoms with Gasteiger partial charge in [-0.25, -0.2) is 4.39 Å². The monoisotopic (exact) mass is 355 g/mol. The Morgan fingerprint density at radius 2 is 1.85 bits per heavy atom. The zero-order valence-corrected chi connectivity index (χ0v) is 12.8. The zero-order valence-electron chi connectivity index (χ0n) is 10.5. The van der Waals surface area contributed by atoms with E-state index in [1.165, 1.54) is 6.07 Å². The van der Waals surface area contributed by atoms with Gasteiger partial charge in [0.25, 0.3) is 0 Å². The van der Waals surface area contributed by atoms with Crippen LogP contribution >= 0.6 is 27.5 Å². The molecule has 2 aromatic rings. The number of aryl methyl sites for hydroxylation is 1. The largest absolute Gasteiger partial charge is 0.399 e. The molecule has 0 saturated heterocycles. The SMILES string of the molecule is Nc1ccc(CCC(=O)c2ccc(Br)c(Cl)c2F)cc1. The Morgan fingerprint density at radius 1 is 1.20 bits per heavy atom. The minimum absolute atomic E-state index is 0.0219. The Morgan fingerprint density at radius 3 is 2.50 bits per heavy atom. The van der Waals surface area contributed by atoms with Crippen LogP contribution in [0.5, 0.6) is 0 Å². The van der Waals surface area contributed by atoms with Crippen LogP contribution in [0.15, 0.2) is 40.9 Å². The molecule has 0 fully saturated rings. The second kappa shape index (κ2) is 6.37. The van der Waals surface area contributed by atoms with E-state index in [1.54, 1.807) is 18.2 Å². The Labute approximate surface area is 129 Å². The molecule has 0 spiro atoms. The lowest BCUT2D eigenvalue weighted by atomic mass is 10.0. The smallest absolute Gasteiger partial charge is 0.166 e. The maximum absolute atomic E-state index is 13.9. The Kier molecular flexibility index (Phi) is 4.78. The van der Waals surface area contributed by atoms with Gasteiger partial charge in [-0.15, -0.1) is 0 Å². The lowest BCUT2D eigenvalue weighted by Crippen LogP contribution is -2.05. The molecule has 0 aliphatic heterocycles. The van der Waals surface area contributed by atoms with Crippen molar-refractivity contribution in [2.24, 2.45) is 0 Å². The minimum atomic E-state index is -0.677. The molecule has 0 aliphatic carbocycles. The molecule has 0 saturated carbocycles. The van der Waals surface area contributed by atoms with Gasteiger partial charge in [0.1, 0.15) is 0 Å². The normalized spacial score (nSPS) is 10.6. The third-order valence-corrected chi connectivity index (χ3v) is 4.21. The minimum Gasteiger partial charge on any atom is -0.399 e. The van der Waals surface area contributed by atoms with E-state index < -0.39 is 5.82 Å². The number of ketones is 1. The maximum atomic E-state index is 13.9. The predicted octanol–water partition coefficient (Wildman–Crippen LogP) is 4.64. The van der Waals surface area contributed by atoms with Crippen molar-refractivity contribution < 1.29 is 9.18 Å². The van der Waals surface area contributed by atoms with Crippen molar-refractivity contribution in [2.45, 2.75) is 12.8 Å². The number of hydrogen-bond donors (Lipinski definition) is 1. The summed E-state index contributed by atoms with van der Waals surface area (Å²) >= 11 is 8.89. The predicted molar refractivity (Wildman–Crippen MR) is 82.6 cm³/mol. The van der Waals surface area contributed by atoms with E-state index >= 15 is 0 Å². The average Bonchev–Trinajstić information content (AvgIpc) is 2.44. The summed E-state index contributed by atoms with van der Waals surface area (Å²) < 4.78 is 14.3. The number of nitrogens with two attached hydrogens (primary N) is 1. The molecule has 0 radical (unpaired) electrons. The molecule has 0 unspecified atom stereocenters. The van der Waals surface area contributed by atoms with Crippen LogP contribution in [0.2, 0.25) is 5.02 Å². The Bertz CT molecular complexity index is 643. The van der Waals surface area contributed by atoms with Gasteiger partial charge in [-0.2, -0.15) is 0 Å². The van der Waals surface area contributed by atoms with Crippen molar-refractivity contribution in [2.75, 3.05) is 5.73 Å². The van der Waals surface area contributed by atoms with Crippen LogP contribution < -0.4 is 5.73 Å². The van der Waals surface area contributed by atoms with Crippen molar-refractivity contribution in [3.8, 4) is 0 Å². The summed E-state index contributed by atoms with van der Waals surface area (Å²) in [5.41, 5.74) is 7.27. The maximum Gasteiger partial charge on any atom is 0.166 e. The van der Waals surface area contributed by atoms with Crippen molar-refractivity contribution in [1.82, 2.24) is 0 Å². The molecule has 0 heterocycles. The number of rotatable bonds is 4. The standard InChI is InChI=1S/C15H12BrClFNO/c16-12-7-6-11(15(18)14(12)17)13(20)8-3-9-1-4-10(19)5-2-9/h1-2,4-7H,3,8,19H2. The third kappa shape index (κ3) is 3.38. The molecular weight excluding hydrogens is 345 g/mol. The van der Waals surface area contributed by atoms with Gasteiger partial charge >= 0.3 is 0 Å². The molecule has 2 N–H and O–H groups in total. The van der Waals surface area contributed by atoms with E-state index in [0.717, 1.165) is 5.56 Å².